The Balaban J connectivity index is 0.00000280. The first-order chi connectivity index (χ1) is 17.8. The smallest absolute Gasteiger partial charge is 0.0891 e. The molecule has 0 aliphatic rings. The molecular formula is C33H28ClN2O-. The van der Waals surface area contributed by atoms with E-state index in [2.05, 4.69) is 101 Å². The minimum atomic E-state index is -0.578. The largest absolute Gasteiger partial charge is 1.00 e. The Morgan fingerprint density at radius 3 is 1.92 bits per heavy atom. The second kappa shape index (κ2) is 10.9. The maximum Gasteiger partial charge on any atom is 0.0891 e. The average Bonchev–Trinajstić information content (AvgIpc) is 3.27. The van der Waals surface area contributed by atoms with Gasteiger partial charge in [0.15, 0.2) is 0 Å². The molecule has 6 rings (SSSR count). The van der Waals surface area contributed by atoms with E-state index in [1.54, 1.807) is 0 Å². The van der Waals surface area contributed by atoms with Crippen LogP contribution in [0.3, 0.4) is 0 Å². The van der Waals surface area contributed by atoms with Gasteiger partial charge in [0.2, 0.25) is 0 Å². The van der Waals surface area contributed by atoms with Crippen LogP contribution in [0.2, 0.25) is 0 Å². The highest BCUT2D eigenvalue weighted by Gasteiger charge is 2.23. The molecule has 2 N–H and O–H groups in total. The molecule has 4 heteroatoms. The molecule has 1 aromatic heterocycles. The predicted molar refractivity (Wildman–Crippen MR) is 151 cm³/mol. The summed E-state index contributed by atoms with van der Waals surface area (Å²) >= 11 is 0. The minimum absolute atomic E-state index is 0. The van der Waals surface area contributed by atoms with Crippen LogP contribution in [0.1, 0.15) is 0 Å². The molecular weight excluding hydrogens is 476 g/mol. The van der Waals surface area contributed by atoms with Crippen molar-refractivity contribution in [2.24, 2.45) is 0 Å². The number of rotatable bonds is 7. The first-order valence-electron chi connectivity index (χ1n) is 12.4. The Hall–Kier alpha value is -4.05. The number of aliphatic hydroxyl groups excluding tert-OH is 1. The molecule has 5 aromatic carbocycles. The molecule has 37 heavy (non-hydrogen) atoms. The van der Waals surface area contributed by atoms with Gasteiger partial charge in [-0.3, -0.25) is 0 Å². The van der Waals surface area contributed by atoms with Gasteiger partial charge in [0.25, 0.3) is 0 Å². The molecule has 0 saturated heterocycles. The summed E-state index contributed by atoms with van der Waals surface area (Å²) in [6, 6.07) is 44.1. The lowest BCUT2D eigenvalue weighted by molar-refractivity contribution is -0.00000889. The van der Waals surface area contributed by atoms with E-state index in [1.807, 2.05) is 36.4 Å². The van der Waals surface area contributed by atoms with E-state index < -0.39 is 6.10 Å². The fourth-order valence-electron chi connectivity index (χ4n) is 5.16. The molecule has 1 heterocycles. The molecule has 3 nitrogen and oxygen atoms in total. The van der Waals surface area contributed by atoms with Gasteiger partial charge in [-0.25, -0.2) is 0 Å². The molecule has 6 aromatic rings. The van der Waals surface area contributed by atoms with Crippen LogP contribution < -0.4 is 17.7 Å². The molecule has 1 atom stereocenters. The van der Waals surface area contributed by atoms with Crippen molar-refractivity contribution in [1.29, 1.82) is 0 Å². The molecule has 0 fully saturated rings. The van der Waals surface area contributed by atoms with Crippen molar-refractivity contribution in [2.75, 3.05) is 11.9 Å². The number of halogens is 1. The number of aliphatic hydroxyl groups is 1. The number of nitrogens with one attached hydrogen (secondary N) is 1. The number of hydrogen-bond acceptors (Lipinski definition) is 2. The maximum absolute atomic E-state index is 11.3. The lowest BCUT2D eigenvalue weighted by Gasteiger charge is -2.18. The monoisotopic (exact) mass is 503 g/mol. The van der Waals surface area contributed by atoms with Crippen molar-refractivity contribution in [3.63, 3.8) is 0 Å². The Morgan fingerprint density at radius 2 is 1.22 bits per heavy atom. The molecule has 0 spiro atoms. The highest BCUT2D eigenvalue weighted by molar-refractivity contribution is 6.15. The number of hydrogen-bond donors (Lipinski definition) is 2. The van der Waals surface area contributed by atoms with Gasteiger partial charge in [0.1, 0.15) is 0 Å². The zero-order valence-electron chi connectivity index (χ0n) is 20.4. The summed E-state index contributed by atoms with van der Waals surface area (Å²) in [7, 11) is 0. The molecule has 0 saturated carbocycles. The Labute approximate surface area is 223 Å². The molecule has 0 amide bonds. The fourth-order valence-corrected chi connectivity index (χ4v) is 5.16. The number of anilines is 1. The predicted octanol–water partition coefficient (Wildman–Crippen LogP) is 4.61. The van der Waals surface area contributed by atoms with Gasteiger partial charge in [0.05, 0.1) is 23.9 Å². The number of fused-ring (bicyclic) bond motifs is 3. The first kappa shape index (κ1) is 24.6. The summed E-state index contributed by atoms with van der Waals surface area (Å²) in [5.74, 6) is 0. The highest BCUT2D eigenvalue weighted by Crippen LogP contribution is 2.43. The van der Waals surface area contributed by atoms with Crippen LogP contribution in [0.25, 0.3) is 44.1 Å². The molecule has 0 radical (unpaired) electrons. The van der Waals surface area contributed by atoms with Crippen molar-refractivity contribution < 1.29 is 17.5 Å². The van der Waals surface area contributed by atoms with Crippen LogP contribution in [0.15, 0.2) is 127 Å². The number of aromatic nitrogens is 1. The van der Waals surface area contributed by atoms with Gasteiger partial charge < -0.3 is 27.4 Å². The Morgan fingerprint density at radius 1 is 0.622 bits per heavy atom. The molecule has 0 aliphatic heterocycles. The van der Waals surface area contributed by atoms with E-state index in [1.165, 1.54) is 27.3 Å². The first-order valence-corrected chi connectivity index (χ1v) is 12.4. The summed E-state index contributed by atoms with van der Waals surface area (Å²) in [4.78, 5) is 0. The number of nitrogens with zero attached hydrogens (tertiary/aromatic N) is 1. The molecule has 1 unspecified atom stereocenters. The summed E-state index contributed by atoms with van der Waals surface area (Å²) in [6.07, 6.45) is -0.578. The normalized spacial score (nSPS) is 11.8. The second-order valence-electron chi connectivity index (χ2n) is 9.15. The van der Waals surface area contributed by atoms with Gasteiger partial charge in [-0.15, -0.1) is 0 Å². The van der Waals surface area contributed by atoms with Crippen LogP contribution in [0.5, 0.6) is 0 Å². The molecule has 0 bridgehead atoms. The fraction of sp³-hybridized carbons (Fsp3) is 0.0909. The molecule has 0 aliphatic carbocycles. The Bertz CT molecular complexity index is 1610. The third-order valence-corrected chi connectivity index (χ3v) is 6.77. The zero-order valence-corrected chi connectivity index (χ0v) is 21.1. The van der Waals surface area contributed by atoms with E-state index in [-0.39, 0.29) is 12.4 Å². The van der Waals surface area contributed by atoms with Crippen molar-refractivity contribution in [1.82, 2.24) is 4.57 Å². The lowest BCUT2D eigenvalue weighted by atomic mass is 9.97. The lowest BCUT2D eigenvalue weighted by Crippen LogP contribution is -3.00. The minimum Gasteiger partial charge on any atom is -1.00 e. The quantitative estimate of drug-likeness (QED) is 0.334. The number of para-hydroxylation sites is 1. The zero-order chi connectivity index (χ0) is 24.3. The van der Waals surface area contributed by atoms with Gasteiger partial charge >= 0.3 is 0 Å². The van der Waals surface area contributed by atoms with Crippen molar-refractivity contribution >= 4 is 27.4 Å². The van der Waals surface area contributed by atoms with Gasteiger partial charge in [0, 0.05) is 28.6 Å². The third-order valence-electron chi connectivity index (χ3n) is 6.77. The van der Waals surface area contributed by atoms with Crippen LogP contribution in [-0.2, 0) is 6.54 Å². The van der Waals surface area contributed by atoms with Crippen molar-refractivity contribution in [3.05, 3.63) is 127 Å². The van der Waals surface area contributed by atoms with Crippen LogP contribution in [0, 0.1) is 0 Å². The maximum atomic E-state index is 11.3. The van der Waals surface area contributed by atoms with E-state index in [0.717, 1.165) is 22.5 Å². The van der Waals surface area contributed by atoms with Crippen LogP contribution in [0.4, 0.5) is 5.69 Å². The summed E-state index contributed by atoms with van der Waals surface area (Å²) < 4.78 is 2.33. The van der Waals surface area contributed by atoms with E-state index >= 15 is 0 Å². The highest BCUT2D eigenvalue weighted by atomic mass is 35.5. The number of benzene rings is 5. The van der Waals surface area contributed by atoms with Crippen LogP contribution in [-0.4, -0.2) is 22.3 Å². The van der Waals surface area contributed by atoms with E-state index in [0.29, 0.717) is 13.1 Å². The van der Waals surface area contributed by atoms with Gasteiger partial charge in [-0.05, 0) is 28.6 Å². The van der Waals surface area contributed by atoms with E-state index in [9.17, 15) is 5.11 Å². The topological polar surface area (TPSA) is 37.2 Å². The molecule has 184 valence electrons. The summed E-state index contributed by atoms with van der Waals surface area (Å²) in [5, 5.41) is 18.2. The van der Waals surface area contributed by atoms with Crippen molar-refractivity contribution in [3.8, 4) is 22.4 Å². The Kier molecular flexibility index (Phi) is 7.27. The average molecular weight is 504 g/mol. The van der Waals surface area contributed by atoms with Gasteiger partial charge in [-0.1, -0.05) is 115 Å². The van der Waals surface area contributed by atoms with Crippen molar-refractivity contribution in [2.45, 2.75) is 12.6 Å². The third kappa shape index (κ3) is 4.84. The van der Waals surface area contributed by atoms with E-state index in [4.69, 9.17) is 0 Å². The summed E-state index contributed by atoms with van der Waals surface area (Å²) in [5.41, 5.74) is 6.81. The van der Waals surface area contributed by atoms with Gasteiger partial charge in [-0.2, -0.15) is 0 Å². The van der Waals surface area contributed by atoms with Crippen LogP contribution >= 0.6 is 0 Å². The summed E-state index contributed by atoms with van der Waals surface area (Å²) in [6.45, 7) is 0.935. The standard InChI is InChI=1S/C33H28N2O.ClH/c36-28(22-34-27-17-8-3-9-18-27)23-35-32(26-15-6-2-7-16-26)31(25-13-4-1-5-14-25)30-21-20-24-12-10-11-19-29(24)33(30)35;/h1-21,28,34,36H,22-23H2;1H/p-1. The SMILES string of the molecule is OC(CNc1ccccc1)Cn1c(-c2ccccc2)c(-c2ccccc2)c2ccc3ccccc3c21.[Cl-]. The second-order valence-corrected chi connectivity index (χ2v) is 9.15.